The van der Waals surface area contributed by atoms with E-state index in [0.29, 0.717) is 12.1 Å². The fraction of sp³-hybridized carbons (Fsp3) is 0.0714. The summed E-state index contributed by atoms with van der Waals surface area (Å²) in [5.41, 5.74) is 2.79. The van der Waals surface area contributed by atoms with Crippen LogP contribution in [0, 0.1) is 5.41 Å². The molecule has 0 spiro atoms. The number of nitrogens with one attached hydrogen (secondary N) is 2. The van der Waals surface area contributed by atoms with Gasteiger partial charge in [-0.05, 0) is 5.56 Å². The Balaban J connectivity index is 1.87. The van der Waals surface area contributed by atoms with E-state index in [4.69, 9.17) is 5.41 Å². The molecule has 2 heterocycles. The van der Waals surface area contributed by atoms with Crippen molar-refractivity contribution < 1.29 is 0 Å². The maximum atomic E-state index is 7.67. The van der Waals surface area contributed by atoms with E-state index in [2.05, 4.69) is 39.2 Å². The van der Waals surface area contributed by atoms with E-state index in [1.807, 2.05) is 22.8 Å². The molecule has 0 aliphatic carbocycles. The lowest BCUT2D eigenvalue weighted by Crippen LogP contribution is -2.12. The van der Waals surface area contributed by atoms with Crippen LogP contribution in [0.15, 0.2) is 49.1 Å². The van der Waals surface area contributed by atoms with E-state index in [-0.39, 0.29) is 5.49 Å². The molecule has 0 amide bonds. The molecule has 0 aliphatic rings. The number of hydrogen-bond donors (Lipinski definition) is 2. The molecule has 0 unspecified atom stereocenters. The highest BCUT2D eigenvalue weighted by Crippen LogP contribution is 2.05. The van der Waals surface area contributed by atoms with E-state index in [9.17, 15) is 0 Å². The van der Waals surface area contributed by atoms with Gasteiger partial charge in [-0.2, -0.15) is 0 Å². The maximum absolute atomic E-state index is 7.67. The monoisotopic (exact) mass is 251 g/mol. The molecule has 0 saturated carbocycles. The lowest BCUT2D eigenvalue weighted by molar-refractivity contribution is 0.805. The molecule has 2 aromatic heterocycles. The van der Waals surface area contributed by atoms with E-state index in [0.717, 1.165) is 11.2 Å². The topological polar surface area (TPSA) is 70.3 Å². The lowest BCUT2D eigenvalue weighted by atomic mass is 10.2. The molecule has 94 valence electrons. The Labute approximate surface area is 109 Å². The van der Waals surface area contributed by atoms with Crippen LogP contribution >= 0.6 is 0 Å². The van der Waals surface area contributed by atoms with Crippen molar-refractivity contribution >= 4 is 17.2 Å². The summed E-state index contributed by atoms with van der Waals surface area (Å²) < 4.78 is 1.91. The van der Waals surface area contributed by atoms with E-state index < -0.39 is 0 Å². The van der Waals surface area contributed by atoms with Gasteiger partial charge in [0.2, 0.25) is 0 Å². The number of aromatic amines is 1. The van der Waals surface area contributed by atoms with Gasteiger partial charge >= 0.3 is 0 Å². The molecule has 1 aromatic carbocycles. The number of benzene rings is 1. The molecule has 0 radical (unpaired) electrons. The van der Waals surface area contributed by atoms with Crippen molar-refractivity contribution in [2.24, 2.45) is 0 Å². The highest BCUT2D eigenvalue weighted by molar-refractivity contribution is 5.68. The number of aromatic nitrogens is 4. The van der Waals surface area contributed by atoms with Crippen molar-refractivity contribution in [2.45, 2.75) is 6.54 Å². The molecule has 5 nitrogen and oxygen atoms in total. The van der Waals surface area contributed by atoms with E-state index >= 15 is 0 Å². The van der Waals surface area contributed by atoms with Gasteiger partial charge in [0.05, 0.1) is 12.7 Å². The Morgan fingerprint density at radius 1 is 1.21 bits per heavy atom. The van der Waals surface area contributed by atoms with E-state index in [1.165, 1.54) is 0 Å². The Kier molecular flexibility index (Phi) is 2.94. The quantitative estimate of drug-likeness (QED) is 0.747. The first-order chi connectivity index (χ1) is 9.34. The number of allylic oxidation sites excluding steroid dienone is 1. The standard InChI is InChI=1S/C14H13N5/c15-13-12-14(17-9-16-12)19(10-18-13)8-4-7-11-5-2-1-3-6-11/h1-7,9-10,15H,8H2,(H,16,17). The minimum Gasteiger partial charge on any atom is -0.340 e. The summed E-state index contributed by atoms with van der Waals surface area (Å²) >= 11 is 0. The van der Waals surface area contributed by atoms with Crippen LogP contribution in [-0.2, 0) is 6.54 Å². The lowest BCUT2D eigenvalue weighted by Gasteiger charge is -2.02. The molecule has 3 aromatic rings. The summed E-state index contributed by atoms with van der Waals surface area (Å²) in [6, 6.07) is 10.1. The smallest absolute Gasteiger partial charge is 0.173 e. The first-order valence-electron chi connectivity index (χ1n) is 5.99. The molecular weight excluding hydrogens is 238 g/mol. The molecule has 19 heavy (non-hydrogen) atoms. The third-order valence-electron chi connectivity index (χ3n) is 2.87. The van der Waals surface area contributed by atoms with Crippen molar-refractivity contribution in [2.75, 3.05) is 0 Å². The van der Waals surface area contributed by atoms with Gasteiger partial charge in [0.1, 0.15) is 5.52 Å². The summed E-state index contributed by atoms with van der Waals surface area (Å²) in [5.74, 6) is 0. The van der Waals surface area contributed by atoms with Crippen LogP contribution in [0.1, 0.15) is 5.56 Å². The molecule has 0 atom stereocenters. The van der Waals surface area contributed by atoms with Crippen molar-refractivity contribution in [3.05, 3.63) is 60.1 Å². The van der Waals surface area contributed by atoms with Crippen molar-refractivity contribution in [3.63, 3.8) is 0 Å². The summed E-state index contributed by atoms with van der Waals surface area (Å²) in [6.07, 6.45) is 7.33. The van der Waals surface area contributed by atoms with Gasteiger partial charge in [0, 0.05) is 6.54 Å². The zero-order valence-corrected chi connectivity index (χ0v) is 10.2. The Hall–Kier alpha value is -2.69. The fourth-order valence-electron chi connectivity index (χ4n) is 1.93. The van der Waals surface area contributed by atoms with Crippen LogP contribution in [0.4, 0.5) is 0 Å². The molecule has 0 aliphatic heterocycles. The van der Waals surface area contributed by atoms with Crippen LogP contribution in [0.25, 0.3) is 17.2 Å². The number of hydrogen-bond acceptors (Lipinski definition) is 3. The van der Waals surface area contributed by atoms with Crippen LogP contribution in [0.3, 0.4) is 0 Å². The molecule has 0 bridgehead atoms. The third kappa shape index (κ3) is 2.30. The highest BCUT2D eigenvalue weighted by Gasteiger charge is 2.02. The van der Waals surface area contributed by atoms with Gasteiger partial charge < -0.3 is 9.55 Å². The fourth-order valence-corrected chi connectivity index (χ4v) is 1.93. The maximum Gasteiger partial charge on any atom is 0.173 e. The van der Waals surface area contributed by atoms with Crippen LogP contribution in [-0.4, -0.2) is 19.5 Å². The zero-order valence-electron chi connectivity index (χ0n) is 10.2. The molecule has 2 N–H and O–H groups in total. The van der Waals surface area contributed by atoms with Gasteiger partial charge in [-0.15, -0.1) is 0 Å². The first-order valence-corrected chi connectivity index (χ1v) is 5.99. The minimum absolute atomic E-state index is 0.218. The number of H-pyrrole nitrogens is 1. The van der Waals surface area contributed by atoms with Crippen molar-refractivity contribution in [1.29, 1.82) is 5.41 Å². The predicted octanol–water partition coefficient (Wildman–Crippen LogP) is 1.95. The second-order valence-corrected chi connectivity index (χ2v) is 4.16. The second kappa shape index (κ2) is 4.89. The summed E-state index contributed by atoms with van der Waals surface area (Å²) in [5, 5.41) is 7.67. The van der Waals surface area contributed by atoms with Crippen molar-refractivity contribution in [1.82, 2.24) is 19.5 Å². The SMILES string of the molecule is N=c1ncn(CC=Cc2ccccc2)c2nc[nH]c12. The van der Waals surface area contributed by atoms with Gasteiger partial charge in [0.15, 0.2) is 11.1 Å². The van der Waals surface area contributed by atoms with Crippen LogP contribution < -0.4 is 5.49 Å². The van der Waals surface area contributed by atoms with E-state index in [1.54, 1.807) is 12.7 Å². The van der Waals surface area contributed by atoms with Crippen LogP contribution in [0.5, 0.6) is 0 Å². The number of nitrogens with zero attached hydrogens (tertiary/aromatic N) is 3. The minimum atomic E-state index is 0.218. The molecular formula is C14H13N5. The van der Waals surface area contributed by atoms with Gasteiger partial charge in [-0.1, -0.05) is 42.5 Å². The zero-order chi connectivity index (χ0) is 13.1. The summed E-state index contributed by atoms with van der Waals surface area (Å²) in [7, 11) is 0. The normalized spacial score (nSPS) is 11.4. The number of imidazole rings is 1. The molecule has 0 fully saturated rings. The predicted molar refractivity (Wildman–Crippen MR) is 73.2 cm³/mol. The van der Waals surface area contributed by atoms with Crippen LogP contribution in [0.2, 0.25) is 0 Å². The third-order valence-corrected chi connectivity index (χ3v) is 2.87. The van der Waals surface area contributed by atoms with Gasteiger partial charge in [0.25, 0.3) is 0 Å². The van der Waals surface area contributed by atoms with Gasteiger partial charge in [-0.3, -0.25) is 5.41 Å². The summed E-state index contributed by atoms with van der Waals surface area (Å²) in [4.78, 5) is 11.2. The highest BCUT2D eigenvalue weighted by atomic mass is 15.1. The Morgan fingerprint density at radius 3 is 2.89 bits per heavy atom. The second-order valence-electron chi connectivity index (χ2n) is 4.16. The Bertz CT molecular complexity index is 767. The molecule has 0 saturated heterocycles. The molecule has 5 heteroatoms. The Morgan fingerprint density at radius 2 is 2.05 bits per heavy atom. The average Bonchev–Trinajstić information content (AvgIpc) is 2.93. The number of rotatable bonds is 3. The average molecular weight is 251 g/mol. The largest absolute Gasteiger partial charge is 0.340 e. The number of fused-ring (bicyclic) bond motifs is 1. The van der Waals surface area contributed by atoms with Gasteiger partial charge in [-0.25, -0.2) is 9.97 Å². The van der Waals surface area contributed by atoms with Crippen molar-refractivity contribution in [3.8, 4) is 0 Å². The molecule has 3 rings (SSSR count). The first kappa shape index (κ1) is 11.4. The summed E-state index contributed by atoms with van der Waals surface area (Å²) in [6.45, 7) is 0.670.